The van der Waals surface area contributed by atoms with Gasteiger partial charge in [0.15, 0.2) is 0 Å². The maximum atomic E-state index is 5.89. The lowest BCUT2D eigenvalue weighted by atomic mass is 10.1. The van der Waals surface area contributed by atoms with Crippen molar-refractivity contribution in [1.29, 1.82) is 0 Å². The van der Waals surface area contributed by atoms with E-state index in [-0.39, 0.29) is 6.10 Å². The second kappa shape index (κ2) is 4.81. The largest absolute Gasteiger partial charge is 0.474 e. The summed E-state index contributed by atoms with van der Waals surface area (Å²) < 4.78 is 11.0. The SMILES string of the molecule is Cc1cc(OC2CCOCC2)ncc1Cl. The van der Waals surface area contributed by atoms with Crippen molar-refractivity contribution in [2.24, 2.45) is 0 Å². The maximum absolute atomic E-state index is 5.89. The predicted molar refractivity (Wildman–Crippen MR) is 58.5 cm³/mol. The van der Waals surface area contributed by atoms with Gasteiger partial charge in [-0.2, -0.15) is 0 Å². The highest BCUT2D eigenvalue weighted by atomic mass is 35.5. The van der Waals surface area contributed by atoms with Crippen LogP contribution in [0, 0.1) is 6.92 Å². The normalized spacial score (nSPS) is 17.7. The summed E-state index contributed by atoms with van der Waals surface area (Å²) in [6.45, 7) is 3.50. The maximum Gasteiger partial charge on any atom is 0.213 e. The number of pyridine rings is 1. The summed E-state index contributed by atoms with van der Waals surface area (Å²) in [5.74, 6) is 0.656. The first-order valence-electron chi connectivity index (χ1n) is 5.12. The van der Waals surface area contributed by atoms with Crippen molar-refractivity contribution in [3.05, 3.63) is 22.8 Å². The summed E-state index contributed by atoms with van der Waals surface area (Å²) in [5, 5.41) is 0.675. The quantitative estimate of drug-likeness (QED) is 0.778. The van der Waals surface area contributed by atoms with E-state index < -0.39 is 0 Å². The molecule has 0 atom stereocenters. The number of ether oxygens (including phenoxy) is 2. The monoisotopic (exact) mass is 227 g/mol. The molecule has 4 heteroatoms. The molecule has 1 aliphatic heterocycles. The number of hydrogen-bond acceptors (Lipinski definition) is 3. The lowest BCUT2D eigenvalue weighted by molar-refractivity contribution is 0.0237. The van der Waals surface area contributed by atoms with Gasteiger partial charge in [0.2, 0.25) is 5.88 Å². The van der Waals surface area contributed by atoms with Crippen molar-refractivity contribution in [1.82, 2.24) is 4.98 Å². The summed E-state index contributed by atoms with van der Waals surface area (Å²) in [5.41, 5.74) is 0.994. The fraction of sp³-hybridized carbons (Fsp3) is 0.545. The van der Waals surface area contributed by atoms with Gasteiger partial charge in [-0.15, -0.1) is 0 Å². The first kappa shape index (κ1) is 10.7. The second-order valence-electron chi connectivity index (χ2n) is 3.70. The van der Waals surface area contributed by atoms with E-state index >= 15 is 0 Å². The molecule has 1 fully saturated rings. The lowest BCUT2D eigenvalue weighted by Gasteiger charge is -2.22. The van der Waals surface area contributed by atoms with Crippen LogP contribution >= 0.6 is 11.6 Å². The van der Waals surface area contributed by atoms with Crippen LogP contribution in [0.15, 0.2) is 12.3 Å². The molecule has 1 aromatic heterocycles. The molecule has 82 valence electrons. The van der Waals surface area contributed by atoms with Gasteiger partial charge in [0.05, 0.1) is 18.2 Å². The van der Waals surface area contributed by atoms with Gasteiger partial charge in [-0.25, -0.2) is 4.98 Å². The van der Waals surface area contributed by atoms with Gasteiger partial charge < -0.3 is 9.47 Å². The van der Waals surface area contributed by atoms with Crippen molar-refractivity contribution in [2.75, 3.05) is 13.2 Å². The molecular formula is C11H14ClNO2. The van der Waals surface area contributed by atoms with E-state index in [1.165, 1.54) is 0 Å². The molecule has 0 radical (unpaired) electrons. The number of aryl methyl sites for hydroxylation is 1. The van der Waals surface area contributed by atoms with Gasteiger partial charge in [-0.1, -0.05) is 11.6 Å². The minimum Gasteiger partial charge on any atom is -0.474 e. The zero-order valence-corrected chi connectivity index (χ0v) is 9.46. The van der Waals surface area contributed by atoms with Crippen molar-refractivity contribution >= 4 is 11.6 Å². The van der Waals surface area contributed by atoms with Crippen LogP contribution in [-0.2, 0) is 4.74 Å². The molecule has 0 aromatic carbocycles. The number of halogens is 1. The van der Waals surface area contributed by atoms with Crippen LogP contribution in [0.3, 0.4) is 0 Å². The summed E-state index contributed by atoms with van der Waals surface area (Å²) in [6, 6.07) is 1.87. The molecule has 0 amide bonds. The first-order valence-corrected chi connectivity index (χ1v) is 5.50. The fourth-order valence-corrected chi connectivity index (χ4v) is 1.65. The zero-order chi connectivity index (χ0) is 10.7. The Morgan fingerprint density at radius 3 is 2.87 bits per heavy atom. The van der Waals surface area contributed by atoms with Crippen molar-refractivity contribution in [3.63, 3.8) is 0 Å². The van der Waals surface area contributed by atoms with Gasteiger partial charge in [0.25, 0.3) is 0 Å². The zero-order valence-electron chi connectivity index (χ0n) is 8.70. The van der Waals surface area contributed by atoms with E-state index in [1.807, 2.05) is 13.0 Å². The van der Waals surface area contributed by atoms with Crippen molar-refractivity contribution in [2.45, 2.75) is 25.9 Å². The Balaban J connectivity index is 2.00. The number of hydrogen-bond donors (Lipinski definition) is 0. The molecule has 0 unspecified atom stereocenters. The van der Waals surface area contributed by atoms with Crippen LogP contribution in [0.5, 0.6) is 5.88 Å². The summed E-state index contributed by atoms with van der Waals surface area (Å²) >= 11 is 5.89. The van der Waals surface area contributed by atoms with Crippen LogP contribution in [-0.4, -0.2) is 24.3 Å². The third-order valence-electron chi connectivity index (χ3n) is 2.48. The standard InChI is InChI=1S/C11H14ClNO2/c1-8-6-11(13-7-10(8)12)15-9-2-4-14-5-3-9/h6-7,9H,2-5H2,1H3. The molecule has 1 aromatic rings. The topological polar surface area (TPSA) is 31.4 Å². The summed E-state index contributed by atoms with van der Waals surface area (Å²) in [6.07, 6.45) is 3.73. The molecule has 0 aliphatic carbocycles. The molecule has 15 heavy (non-hydrogen) atoms. The Kier molecular flexibility index (Phi) is 3.44. The predicted octanol–water partition coefficient (Wildman–Crippen LogP) is 2.60. The van der Waals surface area contributed by atoms with Crippen LogP contribution in [0.4, 0.5) is 0 Å². The third-order valence-corrected chi connectivity index (χ3v) is 2.87. The minimum absolute atomic E-state index is 0.229. The molecule has 3 nitrogen and oxygen atoms in total. The van der Waals surface area contributed by atoms with E-state index in [0.29, 0.717) is 10.9 Å². The third kappa shape index (κ3) is 2.83. The minimum atomic E-state index is 0.229. The lowest BCUT2D eigenvalue weighted by Crippen LogP contribution is -2.26. The smallest absolute Gasteiger partial charge is 0.213 e. The molecule has 1 saturated heterocycles. The van der Waals surface area contributed by atoms with Crippen LogP contribution in [0.25, 0.3) is 0 Å². The van der Waals surface area contributed by atoms with Gasteiger partial charge in [0, 0.05) is 25.1 Å². The molecule has 2 rings (SSSR count). The van der Waals surface area contributed by atoms with E-state index in [0.717, 1.165) is 31.6 Å². The summed E-state index contributed by atoms with van der Waals surface area (Å²) in [7, 11) is 0. The van der Waals surface area contributed by atoms with Crippen LogP contribution in [0.2, 0.25) is 5.02 Å². The van der Waals surface area contributed by atoms with Crippen LogP contribution in [0.1, 0.15) is 18.4 Å². The Bertz CT molecular complexity index is 337. The molecule has 0 saturated carbocycles. The molecule has 2 heterocycles. The van der Waals surface area contributed by atoms with Gasteiger partial charge >= 0.3 is 0 Å². The molecule has 0 spiro atoms. The van der Waals surface area contributed by atoms with Gasteiger partial charge in [-0.05, 0) is 12.5 Å². The highest BCUT2D eigenvalue weighted by Crippen LogP contribution is 2.20. The van der Waals surface area contributed by atoms with Crippen molar-refractivity contribution in [3.8, 4) is 5.88 Å². The Hall–Kier alpha value is -0.800. The first-order chi connectivity index (χ1) is 7.25. The van der Waals surface area contributed by atoms with E-state index in [9.17, 15) is 0 Å². The van der Waals surface area contributed by atoms with Crippen molar-refractivity contribution < 1.29 is 9.47 Å². The number of nitrogens with zero attached hydrogens (tertiary/aromatic N) is 1. The molecule has 1 aliphatic rings. The Morgan fingerprint density at radius 2 is 2.20 bits per heavy atom. The highest BCUT2D eigenvalue weighted by Gasteiger charge is 2.15. The molecular weight excluding hydrogens is 214 g/mol. The van der Waals surface area contributed by atoms with Gasteiger partial charge in [-0.3, -0.25) is 0 Å². The molecule has 0 bridgehead atoms. The average Bonchev–Trinajstić information content (AvgIpc) is 2.25. The van der Waals surface area contributed by atoms with E-state index in [2.05, 4.69) is 4.98 Å². The van der Waals surface area contributed by atoms with Crippen LogP contribution < -0.4 is 4.74 Å². The Morgan fingerprint density at radius 1 is 1.47 bits per heavy atom. The van der Waals surface area contributed by atoms with E-state index in [4.69, 9.17) is 21.1 Å². The second-order valence-corrected chi connectivity index (χ2v) is 4.11. The summed E-state index contributed by atoms with van der Waals surface area (Å²) in [4.78, 5) is 4.14. The number of aromatic nitrogens is 1. The molecule has 0 N–H and O–H groups in total. The Labute approximate surface area is 94.4 Å². The fourth-order valence-electron chi connectivity index (χ4n) is 1.54. The highest BCUT2D eigenvalue weighted by molar-refractivity contribution is 6.31. The average molecular weight is 228 g/mol. The van der Waals surface area contributed by atoms with Gasteiger partial charge in [0.1, 0.15) is 6.10 Å². The van der Waals surface area contributed by atoms with E-state index in [1.54, 1.807) is 6.20 Å². The number of rotatable bonds is 2.